The lowest BCUT2D eigenvalue weighted by Gasteiger charge is -2.31. The number of ether oxygens (including phenoxy) is 1. The number of pyridine rings is 1. The Labute approximate surface area is 237 Å². The van der Waals surface area contributed by atoms with E-state index >= 15 is 0 Å². The number of halogens is 4. The van der Waals surface area contributed by atoms with Gasteiger partial charge in [-0.25, -0.2) is 22.9 Å². The first-order chi connectivity index (χ1) is 19.7. The maximum atomic E-state index is 14.9. The van der Waals surface area contributed by atoms with Crippen LogP contribution in [-0.2, 0) is 24.7 Å². The van der Waals surface area contributed by atoms with Gasteiger partial charge in [0.15, 0.2) is 17.4 Å². The van der Waals surface area contributed by atoms with Gasteiger partial charge in [0.25, 0.3) is 0 Å². The maximum Gasteiger partial charge on any atom is 0.335 e. The van der Waals surface area contributed by atoms with Crippen molar-refractivity contribution in [2.24, 2.45) is 0 Å². The molecule has 4 aromatic rings. The second-order valence-corrected chi connectivity index (χ2v) is 10.5. The van der Waals surface area contributed by atoms with E-state index in [1.165, 1.54) is 30.3 Å². The topological polar surface area (TPSA) is 92.9 Å². The summed E-state index contributed by atoms with van der Waals surface area (Å²) in [4.78, 5) is 28.0. The molecule has 0 amide bonds. The summed E-state index contributed by atoms with van der Waals surface area (Å²) < 4.78 is 51.1. The highest BCUT2D eigenvalue weighted by Gasteiger charge is 2.30. The molecule has 41 heavy (non-hydrogen) atoms. The summed E-state index contributed by atoms with van der Waals surface area (Å²) in [7, 11) is 0. The summed E-state index contributed by atoms with van der Waals surface area (Å²) in [5.41, 5.74) is 1.03. The van der Waals surface area contributed by atoms with Gasteiger partial charge >= 0.3 is 5.97 Å². The molecule has 1 N–H and O–H groups in total. The van der Waals surface area contributed by atoms with Gasteiger partial charge < -0.3 is 14.4 Å². The van der Waals surface area contributed by atoms with E-state index in [-0.39, 0.29) is 41.0 Å². The molecular weight excluding hydrogens is 563 g/mol. The fourth-order valence-corrected chi connectivity index (χ4v) is 5.29. The molecule has 2 aliphatic rings. The molecule has 2 fully saturated rings. The normalized spacial score (nSPS) is 17.7. The Morgan fingerprint density at radius 3 is 2.63 bits per heavy atom. The van der Waals surface area contributed by atoms with Crippen molar-refractivity contribution < 1.29 is 32.6 Å². The smallest absolute Gasteiger partial charge is 0.335 e. The summed E-state index contributed by atoms with van der Waals surface area (Å²) in [6, 6.07) is 9.29. The van der Waals surface area contributed by atoms with Crippen LogP contribution in [0.25, 0.3) is 11.0 Å². The zero-order chi connectivity index (χ0) is 28.7. The Balaban J connectivity index is 1.19. The first-order valence-corrected chi connectivity index (χ1v) is 13.4. The summed E-state index contributed by atoms with van der Waals surface area (Å²) in [6.45, 7) is 2.90. The highest BCUT2D eigenvalue weighted by atomic mass is 35.5. The first kappa shape index (κ1) is 27.5. The second-order valence-electron chi connectivity index (χ2n) is 10.0. The Bertz CT molecular complexity index is 1630. The molecule has 0 aliphatic carbocycles. The fraction of sp³-hybridized carbons (Fsp3) is 0.321. The third-order valence-electron chi connectivity index (χ3n) is 7.27. The zero-order valence-corrected chi connectivity index (χ0v) is 22.5. The molecule has 214 valence electrons. The summed E-state index contributed by atoms with van der Waals surface area (Å²) in [6.07, 6.45) is 0.632. The summed E-state index contributed by atoms with van der Waals surface area (Å²) >= 11 is 5.79. The Kier molecular flexibility index (Phi) is 7.56. The average Bonchev–Trinajstić information content (AvgIpc) is 3.51. The van der Waals surface area contributed by atoms with Gasteiger partial charge in [0.1, 0.15) is 30.4 Å². The minimum absolute atomic E-state index is 0.0209. The molecule has 13 heteroatoms. The van der Waals surface area contributed by atoms with Gasteiger partial charge in [-0.05, 0) is 55.4 Å². The minimum Gasteiger partial charge on any atom is -0.484 e. The number of benzene rings is 2. The van der Waals surface area contributed by atoms with Crippen LogP contribution in [0.1, 0.15) is 39.9 Å². The molecule has 2 aliphatic heterocycles. The largest absolute Gasteiger partial charge is 0.484 e. The summed E-state index contributed by atoms with van der Waals surface area (Å²) in [5, 5.41) is 11.4. The van der Waals surface area contributed by atoms with Crippen molar-refractivity contribution >= 4 is 28.6 Å². The van der Waals surface area contributed by atoms with Gasteiger partial charge in [0.2, 0.25) is 0 Å². The number of fused-ring (bicyclic) bond motifs is 1. The van der Waals surface area contributed by atoms with Crippen molar-refractivity contribution in [2.75, 3.05) is 26.2 Å². The molecule has 0 radical (unpaired) electrons. The Hall–Kier alpha value is -3.71. The molecule has 2 aromatic carbocycles. The van der Waals surface area contributed by atoms with E-state index in [0.717, 1.165) is 12.1 Å². The van der Waals surface area contributed by atoms with E-state index in [1.54, 1.807) is 9.63 Å². The van der Waals surface area contributed by atoms with Crippen LogP contribution in [0.3, 0.4) is 0 Å². The van der Waals surface area contributed by atoms with Crippen molar-refractivity contribution in [1.29, 1.82) is 0 Å². The lowest BCUT2D eigenvalue weighted by molar-refractivity contribution is -0.263. The number of hydrogen-bond acceptors (Lipinski definition) is 7. The second kappa shape index (κ2) is 11.3. The van der Waals surface area contributed by atoms with Gasteiger partial charge in [-0.15, -0.1) is 0 Å². The van der Waals surface area contributed by atoms with Gasteiger partial charge in [-0.2, -0.15) is 5.06 Å². The third kappa shape index (κ3) is 5.73. The molecule has 4 heterocycles. The van der Waals surface area contributed by atoms with Crippen LogP contribution in [0, 0.1) is 17.5 Å². The first-order valence-electron chi connectivity index (χ1n) is 13.0. The number of nitrogens with zero attached hydrogens (tertiary/aromatic N) is 5. The summed E-state index contributed by atoms with van der Waals surface area (Å²) in [5.74, 6) is -2.64. The molecule has 1 atom stereocenters. The zero-order valence-electron chi connectivity index (χ0n) is 21.7. The number of imidazole rings is 1. The van der Waals surface area contributed by atoms with E-state index in [9.17, 15) is 23.1 Å². The van der Waals surface area contributed by atoms with E-state index < -0.39 is 23.4 Å². The van der Waals surface area contributed by atoms with E-state index in [0.29, 0.717) is 61.9 Å². The number of hydroxylamine groups is 2. The quantitative estimate of drug-likeness (QED) is 0.293. The minimum atomic E-state index is -1.23. The molecule has 2 aromatic heterocycles. The fourth-order valence-electron chi connectivity index (χ4n) is 5.13. The molecule has 0 bridgehead atoms. The lowest BCUT2D eigenvalue weighted by atomic mass is 10.0. The SMILES string of the molecule is O=C(O)c1cc(F)c2nc(CN3CCC(c4nc(COc5ccc(Cl)cc5F)ccc4F)C3)n(CN3CCO3)c2c1. The Morgan fingerprint density at radius 1 is 1.07 bits per heavy atom. The molecule has 2 saturated heterocycles. The van der Waals surface area contributed by atoms with Crippen LogP contribution in [0.4, 0.5) is 13.2 Å². The average molecular weight is 588 g/mol. The number of aromatic nitrogens is 3. The van der Waals surface area contributed by atoms with Crippen molar-refractivity contribution in [1.82, 2.24) is 24.5 Å². The van der Waals surface area contributed by atoms with Gasteiger partial charge in [-0.3, -0.25) is 14.7 Å². The van der Waals surface area contributed by atoms with Crippen LogP contribution >= 0.6 is 11.6 Å². The highest BCUT2D eigenvalue weighted by Crippen LogP contribution is 2.31. The molecule has 1 unspecified atom stereocenters. The number of aromatic carboxylic acids is 1. The van der Waals surface area contributed by atoms with Crippen LogP contribution in [-0.4, -0.2) is 61.8 Å². The standard InChI is InChI=1S/C28H25ClF3N5O4/c29-18-1-4-24(21(31)11-18)40-14-19-2-3-20(30)26(33-19)16-5-6-35(12-16)13-25-34-27-22(32)9-17(28(38)39)10-23(27)37(25)15-36-7-8-41-36/h1-4,9-11,16H,5-8,12-15H2,(H,38,39). The number of likely N-dealkylation sites (tertiary alicyclic amines) is 1. The van der Waals surface area contributed by atoms with E-state index in [4.69, 9.17) is 21.2 Å². The molecule has 6 rings (SSSR count). The van der Waals surface area contributed by atoms with Crippen molar-refractivity contribution in [3.63, 3.8) is 0 Å². The van der Waals surface area contributed by atoms with E-state index in [1.807, 2.05) is 0 Å². The Morgan fingerprint density at radius 2 is 1.90 bits per heavy atom. The number of carboxylic acids is 1. The third-order valence-corrected chi connectivity index (χ3v) is 7.51. The van der Waals surface area contributed by atoms with Crippen molar-refractivity contribution in [3.8, 4) is 5.75 Å². The molecule has 0 saturated carbocycles. The van der Waals surface area contributed by atoms with Crippen LogP contribution in [0.2, 0.25) is 5.02 Å². The molecule has 9 nitrogen and oxygen atoms in total. The maximum absolute atomic E-state index is 14.9. The number of carbonyl (C=O) groups is 1. The van der Waals surface area contributed by atoms with Crippen LogP contribution in [0.5, 0.6) is 5.75 Å². The molecule has 0 spiro atoms. The van der Waals surface area contributed by atoms with Crippen molar-refractivity contribution in [2.45, 2.75) is 32.2 Å². The van der Waals surface area contributed by atoms with Gasteiger partial charge in [0, 0.05) is 17.5 Å². The molecular formula is C28H25ClF3N5O4. The number of rotatable bonds is 9. The van der Waals surface area contributed by atoms with Gasteiger partial charge in [-0.1, -0.05) is 11.6 Å². The van der Waals surface area contributed by atoms with Crippen LogP contribution in [0.15, 0.2) is 42.5 Å². The highest BCUT2D eigenvalue weighted by molar-refractivity contribution is 6.30. The number of hydrogen-bond donors (Lipinski definition) is 1. The van der Waals surface area contributed by atoms with Crippen LogP contribution < -0.4 is 4.74 Å². The number of carboxylic acid groups (broad SMARTS) is 1. The predicted octanol–water partition coefficient (Wildman–Crippen LogP) is 4.97. The van der Waals surface area contributed by atoms with Gasteiger partial charge in [0.05, 0.1) is 42.2 Å². The monoisotopic (exact) mass is 587 g/mol. The van der Waals surface area contributed by atoms with Crippen molar-refractivity contribution in [3.05, 3.63) is 87.7 Å². The predicted molar refractivity (Wildman–Crippen MR) is 142 cm³/mol. The lowest BCUT2D eigenvalue weighted by Crippen LogP contribution is -2.41. The van der Waals surface area contributed by atoms with E-state index in [2.05, 4.69) is 14.9 Å².